The molecule has 1 aromatic rings. The lowest BCUT2D eigenvalue weighted by Gasteiger charge is -2.19. The van der Waals surface area contributed by atoms with E-state index >= 15 is 0 Å². The predicted molar refractivity (Wildman–Crippen MR) is 87.8 cm³/mol. The Morgan fingerprint density at radius 3 is 2.70 bits per heavy atom. The molecule has 1 heterocycles. The lowest BCUT2D eigenvalue weighted by molar-refractivity contribution is 0.582. The summed E-state index contributed by atoms with van der Waals surface area (Å²) >= 11 is 1.73. The molecular weight excluding hydrogens is 266 g/mol. The van der Waals surface area contributed by atoms with Gasteiger partial charge < -0.3 is 0 Å². The van der Waals surface area contributed by atoms with Gasteiger partial charge in [0.15, 0.2) is 5.17 Å². The maximum Gasteiger partial charge on any atom is 0.178 e. The van der Waals surface area contributed by atoms with Gasteiger partial charge in [-0.1, -0.05) is 23.9 Å². The van der Waals surface area contributed by atoms with E-state index in [1.54, 1.807) is 11.8 Å². The standard InChI is InChI=1S/C16H21N3S/c1-16(2,3)17-15-19-18-14(10-20-15)13-8-7-11-5-4-6-12(11)9-13/h7-9H,4-6,10H2,1-3H3,(H,17,19). The summed E-state index contributed by atoms with van der Waals surface area (Å²) in [6.07, 6.45) is 3.74. The molecule has 0 aromatic heterocycles. The van der Waals surface area contributed by atoms with Gasteiger partial charge in [0.25, 0.3) is 0 Å². The number of thioether (sulfide) groups is 1. The Labute approximate surface area is 125 Å². The lowest BCUT2D eigenvalue weighted by Crippen LogP contribution is -2.28. The first kappa shape index (κ1) is 13.7. The highest BCUT2D eigenvalue weighted by molar-refractivity contribution is 8.14. The normalized spacial score (nSPS) is 20.6. The number of hydrogen-bond acceptors (Lipinski definition) is 3. The quantitative estimate of drug-likeness (QED) is 0.860. The van der Waals surface area contributed by atoms with Gasteiger partial charge >= 0.3 is 0 Å². The third-order valence-corrected chi connectivity index (χ3v) is 4.37. The number of fused-ring (bicyclic) bond motifs is 1. The molecule has 2 aliphatic rings. The molecule has 0 saturated heterocycles. The summed E-state index contributed by atoms with van der Waals surface area (Å²) in [6, 6.07) is 6.79. The van der Waals surface area contributed by atoms with Gasteiger partial charge in [0.1, 0.15) is 0 Å². The minimum atomic E-state index is -0.0596. The van der Waals surface area contributed by atoms with E-state index in [0.29, 0.717) is 0 Å². The Morgan fingerprint density at radius 1 is 1.20 bits per heavy atom. The lowest BCUT2D eigenvalue weighted by atomic mass is 10.0. The molecule has 0 bridgehead atoms. The zero-order valence-electron chi connectivity index (χ0n) is 12.4. The molecule has 0 saturated carbocycles. The first-order chi connectivity index (χ1) is 9.51. The molecule has 1 aliphatic carbocycles. The van der Waals surface area contributed by atoms with E-state index in [2.05, 4.69) is 54.5 Å². The molecule has 1 aromatic carbocycles. The number of nitrogens with one attached hydrogen (secondary N) is 1. The first-order valence-corrected chi connectivity index (χ1v) is 8.17. The van der Waals surface area contributed by atoms with Gasteiger partial charge in [-0.25, -0.2) is 0 Å². The van der Waals surface area contributed by atoms with Gasteiger partial charge in [0.05, 0.1) is 11.3 Å². The van der Waals surface area contributed by atoms with Crippen LogP contribution < -0.4 is 5.43 Å². The molecule has 0 unspecified atom stereocenters. The van der Waals surface area contributed by atoms with E-state index in [0.717, 1.165) is 16.6 Å². The summed E-state index contributed by atoms with van der Waals surface area (Å²) in [6.45, 7) is 6.30. The second-order valence-electron chi connectivity index (χ2n) is 6.38. The van der Waals surface area contributed by atoms with Crippen LogP contribution in [0.4, 0.5) is 0 Å². The van der Waals surface area contributed by atoms with Crippen molar-refractivity contribution in [2.24, 2.45) is 10.1 Å². The molecule has 1 N–H and O–H groups in total. The van der Waals surface area contributed by atoms with E-state index in [-0.39, 0.29) is 5.54 Å². The SMILES string of the molecule is CC(C)(C)N=C1NN=C(c2ccc3c(c2)CCC3)CS1. The van der Waals surface area contributed by atoms with Crippen LogP contribution in [0.25, 0.3) is 0 Å². The summed E-state index contributed by atoms with van der Waals surface area (Å²) in [5.41, 5.74) is 8.43. The fraction of sp³-hybridized carbons (Fsp3) is 0.500. The predicted octanol–water partition coefficient (Wildman–Crippen LogP) is 3.37. The molecule has 1 aliphatic heterocycles. The molecule has 0 fully saturated rings. The molecular formula is C16H21N3S. The van der Waals surface area contributed by atoms with E-state index in [4.69, 9.17) is 0 Å². The van der Waals surface area contributed by atoms with E-state index in [9.17, 15) is 0 Å². The van der Waals surface area contributed by atoms with Crippen molar-refractivity contribution in [1.29, 1.82) is 0 Å². The third kappa shape index (κ3) is 3.06. The monoisotopic (exact) mass is 287 g/mol. The average molecular weight is 287 g/mol. The van der Waals surface area contributed by atoms with Crippen LogP contribution in [0.2, 0.25) is 0 Å². The number of hydrazone groups is 1. The van der Waals surface area contributed by atoms with Crippen molar-refractivity contribution in [3.05, 3.63) is 34.9 Å². The molecule has 106 valence electrons. The summed E-state index contributed by atoms with van der Waals surface area (Å²) < 4.78 is 0. The number of aliphatic imine (C=N–C) groups is 1. The number of nitrogens with zero attached hydrogens (tertiary/aromatic N) is 2. The highest BCUT2D eigenvalue weighted by Crippen LogP contribution is 2.24. The molecule has 3 nitrogen and oxygen atoms in total. The Balaban J connectivity index is 1.78. The zero-order chi connectivity index (χ0) is 14.2. The first-order valence-electron chi connectivity index (χ1n) is 7.19. The van der Waals surface area contributed by atoms with E-state index in [1.165, 1.54) is 36.0 Å². The third-order valence-electron chi connectivity index (χ3n) is 3.50. The molecule has 4 heteroatoms. The van der Waals surface area contributed by atoms with Crippen molar-refractivity contribution < 1.29 is 0 Å². The molecule has 3 rings (SSSR count). The molecule has 20 heavy (non-hydrogen) atoms. The molecule has 0 amide bonds. The number of hydrogen-bond donors (Lipinski definition) is 1. The second kappa shape index (κ2) is 5.24. The average Bonchev–Trinajstić information content (AvgIpc) is 2.85. The van der Waals surface area contributed by atoms with Gasteiger partial charge in [-0.15, -0.1) is 0 Å². The van der Waals surface area contributed by atoms with Crippen LogP contribution in [0, 0.1) is 0 Å². The molecule has 0 atom stereocenters. The summed E-state index contributed by atoms with van der Waals surface area (Å²) in [4.78, 5) is 4.62. The van der Waals surface area contributed by atoms with Gasteiger partial charge in [0, 0.05) is 5.75 Å². The molecule has 0 spiro atoms. The second-order valence-corrected chi connectivity index (χ2v) is 7.35. The van der Waals surface area contributed by atoms with Crippen molar-refractivity contribution in [2.45, 2.75) is 45.6 Å². The van der Waals surface area contributed by atoms with E-state index in [1.807, 2.05) is 0 Å². The van der Waals surface area contributed by atoms with Gasteiger partial charge in [0.2, 0.25) is 0 Å². The van der Waals surface area contributed by atoms with Gasteiger partial charge in [-0.2, -0.15) is 5.10 Å². The fourth-order valence-corrected chi connectivity index (χ4v) is 3.53. The Kier molecular flexibility index (Phi) is 3.59. The van der Waals surface area contributed by atoms with Gasteiger partial charge in [-0.05, 0) is 62.8 Å². The number of rotatable bonds is 1. The highest BCUT2D eigenvalue weighted by atomic mass is 32.2. The zero-order valence-corrected chi connectivity index (χ0v) is 13.2. The minimum Gasteiger partial charge on any atom is -0.256 e. The van der Waals surface area contributed by atoms with Crippen LogP contribution in [0.5, 0.6) is 0 Å². The summed E-state index contributed by atoms with van der Waals surface area (Å²) in [5.74, 6) is 0.890. The van der Waals surface area contributed by atoms with E-state index < -0.39 is 0 Å². The van der Waals surface area contributed by atoms with Crippen molar-refractivity contribution in [3.63, 3.8) is 0 Å². The maximum atomic E-state index is 4.62. The van der Waals surface area contributed by atoms with Crippen molar-refractivity contribution in [1.82, 2.24) is 5.43 Å². The number of benzene rings is 1. The maximum absolute atomic E-state index is 4.62. The number of aryl methyl sites for hydroxylation is 2. The topological polar surface area (TPSA) is 36.8 Å². The largest absolute Gasteiger partial charge is 0.256 e. The smallest absolute Gasteiger partial charge is 0.178 e. The Hall–Kier alpha value is -1.29. The van der Waals surface area contributed by atoms with Crippen LogP contribution in [0.15, 0.2) is 28.3 Å². The van der Waals surface area contributed by atoms with Crippen LogP contribution in [-0.2, 0) is 12.8 Å². The fourth-order valence-electron chi connectivity index (χ4n) is 2.58. The minimum absolute atomic E-state index is 0.0596. The van der Waals surface area contributed by atoms with Crippen molar-refractivity contribution in [3.8, 4) is 0 Å². The molecule has 0 radical (unpaired) electrons. The summed E-state index contributed by atoms with van der Waals surface area (Å²) in [5, 5.41) is 5.42. The van der Waals surface area contributed by atoms with Crippen LogP contribution in [0.3, 0.4) is 0 Å². The van der Waals surface area contributed by atoms with Crippen LogP contribution in [0.1, 0.15) is 43.9 Å². The van der Waals surface area contributed by atoms with Gasteiger partial charge in [-0.3, -0.25) is 10.4 Å². The van der Waals surface area contributed by atoms with Crippen LogP contribution >= 0.6 is 11.8 Å². The van der Waals surface area contributed by atoms with Crippen molar-refractivity contribution >= 4 is 22.6 Å². The Bertz CT molecular complexity index is 582. The Morgan fingerprint density at radius 2 is 2.00 bits per heavy atom. The van der Waals surface area contributed by atoms with Crippen LogP contribution in [-0.4, -0.2) is 22.2 Å². The van der Waals surface area contributed by atoms with Crippen molar-refractivity contribution in [2.75, 3.05) is 5.75 Å². The highest BCUT2D eigenvalue weighted by Gasteiger charge is 2.18. The summed E-state index contributed by atoms with van der Waals surface area (Å²) in [7, 11) is 0. The number of amidine groups is 1.